The van der Waals surface area contributed by atoms with Gasteiger partial charge in [-0.25, -0.2) is 9.78 Å². The molecule has 8 heteroatoms. The second-order valence-electron chi connectivity index (χ2n) is 6.60. The van der Waals surface area contributed by atoms with Crippen molar-refractivity contribution in [1.82, 2.24) is 19.4 Å². The molecule has 148 valence electrons. The maximum atomic E-state index is 12.9. The van der Waals surface area contributed by atoms with Crippen molar-refractivity contribution in [2.75, 3.05) is 7.11 Å². The lowest BCUT2D eigenvalue weighted by molar-refractivity contribution is -0.122. The molecule has 2 heterocycles. The first-order chi connectivity index (χ1) is 14.1. The number of rotatable bonds is 6. The first kappa shape index (κ1) is 18.5. The molecule has 4 aromatic rings. The Balaban J connectivity index is 1.65. The Labute approximate surface area is 166 Å². The lowest BCUT2D eigenvalue weighted by atomic mass is 10.1. The van der Waals surface area contributed by atoms with Crippen LogP contribution >= 0.6 is 0 Å². The number of hydrogen-bond donors (Lipinski definition) is 1. The summed E-state index contributed by atoms with van der Waals surface area (Å²) in [5.74, 6) is 0.426. The molecular formula is C21H20N4O4. The molecule has 0 unspecified atom stereocenters. The van der Waals surface area contributed by atoms with Crippen LogP contribution in [0.2, 0.25) is 0 Å². The van der Waals surface area contributed by atoms with Gasteiger partial charge in [0.25, 0.3) is 0 Å². The van der Waals surface area contributed by atoms with E-state index in [9.17, 15) is 9.59 Å². The zero-order valence-corrected chi connectivity index (χ0v) is 16.0. The molecule has 1 amide bonds. The van der Waals surface area contributed by atoms with Gasteiger partial charge in [-0.15, -0.1) is 0 Å². The van der Waals surface area contributed by atoms with Crippen LogP contribution in [0.4, 0.5) is 0 Å². The number of ether oxygens (including phenoxy) is 1. The summed E-state index contributed by atoms with van der Waals surface area (Å²) in [6, 6.07) is 13.9. The summed E-state index contributed by atoms with van der Waals surface area (Å²) in [7, 11) is 3.44. The van der Waals surface area contributed by atoms with E-state index in [-0.39, 0.29) is 12.5 Å². The fourth-order valence-electron chi connectivity index (χ4n) is 3.29. The van der Waals surface area contributed by atoms with Gasteiger partial charge in [-0.1, -0.05) is 24.3 Å². The highest BCUT2D eigenvalue weighted by atomic mass is 16.5. The monoisotopic (exact) mass is 392 g/mol. The number of oxazole rings is 1. The van der Waals surface area contributed by atoms with Crippen LogP contribution in [0.3, 0.4) is 0 Å². The molecule has 1 N–H and O–H groups in total. The number of nitrogens with one attached hydrogen (secondary N) is 1. The van der Waals surface area contributed by atoms with Gasteiger partial charge in [-0.3, -0.25) is 9.36 Å². The Hall–Kier alpha value is -3.81. The van der Waals surface area contributed by atoms with E-state index in [0.29, 0.717) is 22.7 Å². The minimum Gasteiger partial charge on any atom is -0.497 e. The summed E-state index contributed by atoms with van der Waals surface area (Å²) in [6.07, 6.45) is 3.48. The smallest absolute Gasteiger partial charge is 0.420 e. The second kappa shape index (κ2) is 7.67. The number of aryl methyl sites for hydroxylation is 1. The summed E-state index contributed by atoms with van der Waals surface area (Å²) >= 11 is 0. The third-order valence-corrected chi connectivity index (χ3v) is 4.72. The van der Waals surface area contributed by atoms with Crippen LogP contribution in [0.5, 0.6) is 5.75 Å². The molecule has 0 saturated heterocycles. The third kappa shape index (κ3) is 3.64. The molecule has 4 rings (SSSR count). The number of para-hydroxylation sites is 2. The highest BCUT2D eigenvalue weighted by molar-refractivity contribution is 5.80. The molecule has 0 radical (unpaired) electrons. The quantitative estimate of drug-likeness (QED) is 0.543. The van der Waals surface area contributed by atoms with Gasteiger partial charge in [0.2, 0.25) is 5.91 Å². The fraction of sp³-hybridized carbons (Fsp3) is 0.190. The summed E-state index contributed by atoms with van der Waals surface area (Å²) in [5.41, 5.74) is 1.83. The van der Waals surface area contributed by atoms with Crippen LogP contribution in [-0.4, -0.2) is 27.1 Å². The van der Waals surface area contributed by atoms with Crippen LogP contribution < -0.4 is 15.8 Å². The predicted octanol–water partition coefficient (Wildman–Crippen LogP) is 2.24. The molecule has 0 saturated carbocycles. The summed E-state index contributed by atoms with van der Waals surface area (Å²) < 4.78 is 13.7. The summed E-state index contributed by atoms with van der Waals surface area (Å²) in [6.45, 7) is -0.166. The average Bonchev–Trinajstić information content (AvgIpc) is 3.29. The van der Waals surface area contributed by atoms with Crippen molar-refractivity contribution in [1.29, 1.82) is 0 Å². The normalized spacial score (nSPS) is 12.1. The molecule has 0 fully saturated rings. The van der Waals surface area contributed by atoms with Gasteiger partial charge in [-0.2, -0.15) is 0 Å². The average molecular weight is 392 g/mol. The second-order valence-corrected chi connectivity index (χ2v) is 6.60. The van der Waals surface area contributed by atoms with E-state index in [1.54, 1.807) is 37.6 Å². The maximum Gasteiger partial charge on any atom is 0.420 e. The van der Waals surface area contributed by atoms with Gasteiger partial charge in [0, 0.05) is 19.4 Å². The number of nitrogens with zero attached hydrogens (tertiary/aromatic N) is 3. The SMILES string of the molecule is COc1cccc([C@H](NC(=O)Cn2c(=O)oc3ccccc32)c2nccn2C)c1. The topological polar surface area (TPSA) is 91.3 Å². The van der Waals surface area contributed by atoms with E-state index in [1.807, 2.05) is 42.1 Å². The van der Waals surface area contributed by atoms with E-state index >= 15 is 0 Å². The molecule has 0 bridgehead atoms. The Bertz CT molecular complexity index is 1220. The van der Waals surface area contributed by atoms with Crippen molar-refractivity contribution in [3.05, 3.63) is 82.9 Å². The largest absolute Gasteiger partial charge is 0.497 e. The molecule has 0 aliphatic rings. The molecular weight excluding hydrogens is 372 g/mol. The standard InChI is InChI=1S/C21H20N4O4/c1-24-11-10-22-20(24)19(14-6-5-7-15(12-14)28-2)23-18(26)13-25-16-8-3-4-9-17(16)29-21(25)27/h3-12,19H,13H2,1-2H3,(H,23,26)/t19-/m0/s1. The van der Waals surface area contributed by atoms with Crippen molar-refractivity contribution in [3.63, 3.8) is 0 Å². The van der Waals surface area contributed by atoms with Crippen molar-refractivity contribution >= 4 is 17.0 Å². The minimum absolute atomic E-state index is 0.166. The van der Waals surface area contributed by atoms with Gasteiger partial charge < -0.3 is 19.0 Å². The highest BCUT2D eigenvalue weighted by Crippen LogP contribution is 2.24. The van der Waals surface area contributed by atoms with Crippen molar-refractivity contribution in [2.45, 2.75) is 12.6 Å². The number of fused-ring (bicyclic) bond motifs is 1. The van der Waals surface area contributed by atoms with Gasteiger partial charge in [-0.05, 0) is 29.8 Å². The van der Waals surface area contributed by atoms with E-state index in [1.165, 1.54) is 4.57 Å². The van der Waals surface area contributed by atoms with E-state index in [2.05, 4.69) is 10.3 Å². The van der Waals surface area contributed by atoms with Gasteiger partial charge in [0.05, 0.1) is 12.6 Å². The van der Waals surface area contributed by atoms with Crippen LogP contribution in [-0.2, 0) is 18.4 Å². The maximum absolute atomic E-state index is 12.9. The number of methoxy groups -OCH3 is 1. The van der Waals surface area contributed by atoms with E-state index < -0.39 is 11.8 Å². The number of aromatic nitrogens is 3. The highest BCUT2D eigenvalue weighted by Gasteiger charge is 2.22. The van der Waals surface area contributed by atoms with Crippen molar-refractivity contribution < 1.29 is 13.9 Å². The molecule has 0 aliphatic heterocycles. The lowest BCUT2D eigenvalue weighted by Gasteiger charge is -2.20. The first-order valence-electron chi connectivity index (χ1n) is 9.05. The molecule has 2 aromatic carbocycles. The van der Waals surface area contributed by atoms with Crippen LogP contribution in [0.25, 0.3) is 11.1 Å². The van der Waals surface area contributed by atoms with Gasteiger partial charge in [0.15, 0.2) is 5.58 Å². The number of imidazole rings is 1. The van der Waals surface area contributed by atoms with E-state index in [0.717, 1.165) is 5.56 Å². The first-order valence-corrected chi connectivity index (χ1v) is 9.05. The minimum atomic E-state index is -0.573. The van der Waals surface area contributed by atoms with Crippen LogP contribution in [0, 0.1) is 0 Å². The Kier molecular flexibility index (Phi) is 4.90. The summed E-state index contributed by atoms with van der Waals surface area (Å²) in [5, 5.41) is 2.98. The third-order valence-electron chi connectivity index (χ3n) is 4.72. The number of amides is 1. The zero-order chi connectivity index (χ0) is 20.4. The molecule has 29 heavy (non-hydrogen) atoms. The van der Waals surface area contributed by atoms with Crippen molar-refractivity contribution in [2.24, 2.45) is 7.05 Å². The molecule has 1 atom stereocenters. The van der Waals surface area contributed by atoms with Gasteiger partial charge in [0.1, 0.15) is 24.2 Å². The molecule has 2 aromatic heterocycles. The Morgan fingerprint density at radius 2 is 2.07 bits per heavy atom. The van der Waals surface area contributed by atoms with Crippen LogP contribution in [0.15, 0.2) is 70.1 Å². The Morgan fingerprint density at radius 1 is 1.24 bits per heavy atom. The van der Waals surface area contributed by atoms with E-state index in [4.69, 9.17) is 9.15 Å². The van der Waals surface area contributed by atoms with Crippen molar-refractivity contribution in [3.8, 4) is 5.75 Å². The van der Waals surface area contributed by atoms with Gasteiger partial charge >= 0.3 is 5.76 Å². The Morgan fingerprint density at radius 3 is 2.83 bits per heavy atom. The lowest BCUT2D eigenvalue weighted by Crippen LogP contribution is -2.35. The fourth-order valence-corrected chi connectivity index (χ4v) is 3.29. The number of benzene rings is 2. The number of hydrogen-bond acceptors (Lipinski definition) is 5. The molecule has 8 nitrogen and oxygen atoms in total. The number of carbonyl (C=O) groups excluding carboxylic acids is 1. The summed E-state index contributed by atoms with van der Waals surface area (Å²) in [4.78, 5) is 29.4. The zero-order valence-electron chi connectivity index (χ0n) is 16.0. The van der Waals surface area contributed by atoms with Crippen LogP contribution in [0.1, 0.15) is 17.4 Å². The predicted molar refractivity (Wildman–Crippen MR) is 107 cm³/mol. The molecule has 0 aliphatic carbocycles. The molecule has 0 spiro atoms. The number of carbonyl (C=O) groups is 1.